The standard InChI is InChI=1S/C19H39NO3/c1-3-4-5-6-7-8-9-10-11-12-13-14-15-16-17(21)18(20)19(22)23-2/h17-18,21H,3-16,20H2,1-2H3/t17-,18-/m0/s1. The Morgan fingerprint density at radius 1 is 0.870 bits per heavy atom. The highest BCUT2D eigenvalue weighted by atomic mass is 16.5. The van der Waals surface area contributed by atoms with Crippen molar-refractivity contribution in [1.29, 1.82) is 0 Å². The maximum atomic E-state index is 11.2. The molecule has 23 heavy (non-hydrogen) atoms. The number of carbonyl (C=O) groups excluding carboxylic acids is 1. The molecule has 0 aromatic heterocycles. The molecule has 0 saturated carbocycles. The summed E-state index contributed by atoms with van der Waals surface area (Å²) in [7, 11) is 1.29. The molecule has 4 heteroatoms. The van der Waals surface area contributed by atoms with Gasteiger partial charge in [0.25, 0.3) is 0 Å². The van der Waals surface area contributed by atoms with E-state index in [2.05, 4.69) is 11.7 Å². The lowest BCUT2D eigenvalue weighted by Gasteiger charge is -2.16. The van der Waals surface area contributed by atoms with Crippen LogP contribution < -0.4 is 5.73 Å². The molecule has 138 valence electrons. The number of hydrogen-bond donors (Lipinski definition) is 2. The van der Waals surface area contributed by atoms with E-state index < -0.39 is 18.1 Å². The second-order valence-electron chi connectivity index (χ2n) is 6.65. The molecule has 0 rings (SSSR count). The van der Waals surface area contributed by atoms with E-state index in [0.717, 1.165) is 12.8 Å². The van der Waals surface area contributed by atoms with E-state index in [4.69, 9.17) is 5.73 Å². The van der Waals surface area contributed by atoms with Crippen molar-refractivity contribution in [3.63, 3.8) is 0 Å². The number of hydrogen-bond acceptors (Lipinski definition) is 4. The molecule has 0 aromatic carbocycles. The van der Waals surface area contributed by atoms with Crippen LogP contribution in [0.3, 0.4) is 0 Å². The number of esters is 1. The van der Waals surface area contributed by atoms with Gasteiger partial charge in [-0.15, -0.1) is 0 Å². The Labute approximate surface area is 143 Å². The van der Waals surface area contributed by atoms with Crippen LogP contribution >= 0.6 is 0 Å². The summed E-state index contributed by atoms with van der Waals surface area (Å²) in [6.45, 7) is 2.26. The maximum absolute atomic E-state index is 11.2. The van der Waals surface area contributed by atoms with Gasteiger partial charge in [0.1, 0.15) is 6.04 Å². The van der Waals surface area contributed by atoms with Crippen LogP contribution in [0.4, 0.5) is 0 Å². The van der Waals surface area contributed by atoms with Gasteiger partial charge >= 0.3 is 5.97 Å². The Balaban J connectivity index is 3.26. The highest BCUT2D eigenvalue weighted by Crippen LogP contribution is 2.13. The zero-order chi connectivity index (χ0) is 17.3. The van der Waals surface area contributed by atoms with Crippen molar-refractivity contribution in [2.75, 3.05) is 7.11 Å². The monoisotopic (exact) mass is 329 g/mol. The van der Waals surface area contributed by atoms with Gasteiger partial charge in [0, 0.05) is 0 Å². The van der Waals surface area contributed by atoms with Gasteiger partial charge in [0.15, 0.2) is 0 Å². The molecule has 0 saturated heterocycles. The second-order valence-corrected chi connectivity index (χ2v) is 6.65. The van der Waals surface area contributed by atoms with Gasteiger partial charge in [-0.2, -0.15) is 0 Å². The molecule has 0 amide bonds. The molecule has 0 bridgehead atoms. The predicted molar refractivity (Wildman–Crippen MR) is 96.3 cm³/mol. The molecule has 0 heterocycles. The van der Waals surface area contributed by atoms with Crippen molar-refractivity contribution < 1.29 is 14.6 Å². The van der Waals surface area contributed by atoms with Crippen LogP contribution in [0.1, 0.15) is 96.8 Å². The van der Waals surface area contributed by atoms with Crippen LogP contribution in [0.25, 0.3) is 0 Å². The molecular weight excluding hydrogens is 290 g/mol. The molecule has 0 radical (unpaired) electrons. The summed E-state index contributed by atoms with van der Waals surface area (Å²) in [5.41, 5.74) is 5.59. The number of unbranched alkanes of at least 4 members (excludes halogenated alkanes) is 12. The summed E-state index contributed by atoms with van der Waals surface area (Å²) in [5.74, 6) is -0.535. The summed E-state index contributed by atoms with van der Waals surface area (Å²) in [6.07, 6.45) is 16.7. The van der Waals surface area contributed by atoms with Gasteiger partial charge in [0.2, 0.25) is 0 Å². The number of carbonyl (C=O) groups is 1. The molecule has 4 nitrogen and oxygen atoms in total. The minimum absolute atomic E-state index is 0.535. The fourth-order valence-electron chi connectivity index (χ4n) is 2.84. The van der Waals surface area contributed by atoms with E-state index in [1.54, 1.807) is 0 Å². The fourth-order valence-corrected chi connectivity index (χ4v) is 2.84. The average Bonchev–Trinajstić information content (AvgIpc) is 2.57. The van der Waals surface area contributed by atoms with Gasteiger partial charge in [-0.1, -0.05) is 90.4 Å². The van der Waals surface area contributed by atoms with Gasteiger partial charge in [-0.3, -0.25) is 4.79 Å². The quantitative estimate of drug-likeness (QED) is 0.326. The molecule has 0 aliphatic carbocycles. The van der Waals surface area contributed by atoms with Gasteiger partial charge < -0.3 is 15.6 Å². The highest BCUT2D eigenvalue weighted by molar-refractivity contribution is 5.75. The van der Waals surface area contributed by atoms with Gasteiger partial charge in [0.05, 0.1) is 13.2 Å². The van der Waals surface area contributed by atoms with Crippen LogP contribution in [0.2, 0.25) is 0 Å². The Hall–Kier alpha value is -0.610. The summed E-state index contributed by atoms with van der Waals surface area (Å²) in [4.78, 5) is 11.2. The predicted octanol–water partition coefficient (Wildman–Crippen LogP) is 4.33. The van der Waals surface area contributed by atoms with E-state index in [0.29, 0.717) is 6.42 Å². The van der Waals surface area contributed by atoms with Crippen LogP contribution in [0.5, 0.6) is 0 Å². The molecule has 0 aliphatic rings. The minimum atomic E-state index is -0.905. The molecule has 0 unspecified atom stereocenters. The van der Waals surface area contributed by atoms with Crippen molar-refractivity contribution in [2.24, 2.45) is 5.73 Å². The first-order valence-corrected chi connectivity index (χ1v) is 9.65. The summed E-state index contributed by atoms with van der Waals surface area (Å²) < 4.78 is 4.53. The average molecular weight is 330 g/mol. The lowest BCUT2D eigenvalue weighted by molar-refractivity contribution is -0.145. The number of ether oxygens (including phenoxy) is 1. The zero-order valence-electron chi connectivity index (χ0n) is 15.4. The van der Waals surface area contributed by atoms with Crippen LogP contribution in [0, 0.1) is 0 Å². The lowest BCUT2D eigenvalue weighted by atomic mass is 10.0. The third-order valence-electron chi connectivity index (χ3n) is 4.49. The Kier molecular flexibility index (Phi) is 15.8. The number of nitrogens with two attached hydrogens (primary N) is 1. The first-order valence-electron chi connectivity index (χ1n) is 9.65. The van der Waals surface area contributed by atoms with Crippen molar-refractivity contribution in [3.8, 4) is 0 Å². The summed E-state index contributed by atoms with van der Waals surface area (Å²) >= 11 is 0. The smallest absolute Gasteiger partial charge is 0.325 e. The maximum Gasteiger partial charge on any atom is 0.325 e. The number of aliphatic hydroxyl groups excluding tert-OH is 1. The third kappa shape index (κ3) is 13.5. The van der Waals surface area contributed by atoms with E-state index >= 15 is 0 Å². The topological polar surface area (TPSA) is 72.5 Å². The molecule has 3 N–H and O–H groups in total. The lowest BCUT2D eigenvalue weighted by Crippen LogP contribution is -2.42. The molecule has 0 fully saturated rings. The summed E-state index contributed by atoms with van der Waals surface area (Å²) in [5, 5.41) is 9.77. The van der Waals surface area contributed by atoms with E-state index in [1.807, 2.05) is 0 Å². The molecule has 2 atom stereocenters. The Morgan fingerprint density at radius 2 is 1.26 bits per heavy atom. The number of aliphatic hydroxyl groups is 1. The largest absolute Gasteiger partial charge is 0.468 e. The first-order chi connectivity index (χ1) is 11.1. The van der Waals surface area contributed by atoms with Crippen molar-refractivity contribution in [3.05, 3.63) is 0 Å². The van der Waals surface area contributed by atoms with E-state index in [-0.39, 0.29) is 0 Å². The second kappa shape index (κ2) is 16.3. The van der Waals surface area contributed by atoms with Crippen molar-refractivity contribution in [2.45, 2.75) is 109 Å². The SMILES string of the molecule is CCCCCCCCCCCCCCC[C@H](O)[C@H](N)C(=O)OC. The number of methoxy groups -OCH3 is 1. The Bertz CT molecular complexity index is 271. The zero-order valence-corrected chi connectivity index (χ0v) is 15.4. The highest BCUT2D eigenvalue weighted by Gasteiger charge is 2.22. The van der Waals surface area contributed by atoms with Crippen LogP contribution in [-0.2, 0) is 9.53 Å². The Morgan fingerprint density at radius 3 is 1.65 bits per heavy atom. The fraction of sp³-hybridized carbons (Fsp3) is 0.947. The molecular formula is C19H39NO3. The van der Waals surface area contributed by atoms with Gasteiger partial charge in [-0.25, -0.2) is 0 Å². The van der Waals surface area contributed by atoms with E-state index in [1.165, 1.54) is 77.7 Å². The van der Waals surface area contributed by atoms with Gasteiger partial charge in [-0.05, 0) is 6.42 Å². The molecule has 0 aliphatic heterocycles. The summed E-state index contributed by atoms with van der Waals surface area (Å²) in [6, 6.07) is -0.905. The molecule has 0 aromatic rings. The minimum Gasteiger partial charge on any atom is -0.468 e. The third-order valence-corrected chi connectivity index (χ3v) is 4.49. The number of rotatable bonds is 16. The van der Waals surface area contributed by atoms with Crippen molar-refractivity contribution in [1.82, 2.24) is 0 Å². The first kappa shape index (κ1) is 22.4. The van der Waals surface area contributed by atoms with Crippen LogP contribution in [-0.4, -0.2) is 30.3 Å². The van der Waals surface area contributed by atoms with Crippen molar-refractivity contribution >= 4 is 5.97 Å². The van der Waals surface area contributed by atoms with Crippen LogP contribution in [0.15, 0.2) is 0 Å². The normalized spacial score (nSPS) is 13.7. The molecule has 0 spiro atoms. The van der Waals surface area contributed by atoms with E-state index in [9.17, 15) is 9.90 Å².